The van der Waals surface area contributed by atoms with E-state index < -0.39 is 18.1 Å². The quantitative estimate of drug-likeness (QED) is 0.446. The van der Waals surface area contributed by atoms with Gasteiger partial charge in [0, 0.05) is 22.8 Å². The molecule has 6 heteroatoms. The van der Waals surface area contributed by atoms with Crippen molar-refractivity contribution in [3.8, 4) is 5.75 Å². The molecule has 148 valence electrons. The maximum absolute atomic E-state index is 14.0. The summed E-state index contributed by atoms with van der Waals surface area (Å²) in [4.78, 5) is 12.0. The second-order valence-corrected chi connectivity index (χ2v) is 6.61. The molecule has 4 rings (SSSR count). The number of hydrogen-bond acceptors (Lipinski definition) is 5. The number of furan rings is 1. The van der Waals surface area contributed by atoms with E-state index >= 15 is 0 Å². The number of rotatable bonds is 5. The number of hydrogen-bond donors (Lipinski definition) is 0. The van der Waals surface area contributed by atoms with Crippen LogP contribution < -0.4 is 4.74 Å². The average Bonchev–Trinajstić information content (AvgIpc) is 3.16. The van der Waals surface area contributed by atoms with E-state index in [1.54, 1.807) is 12.1 Å². The maximum atomic E-state index is 14.0. The van der Waals surface area contributed by atoms with E-state index in [1.807, 2.05) is 37.3 Å². The van der Waals surface area contributed by atoms with E-state index in [1.165, 1.54) is 24.3 Å². The Hall–Kier alpha value is -3.38. The van der Waals surface area contributed by atoms with Gasteiger partial charge in [0.15, 0.2) is 0 Å². The summed E-state index contributed by atoms with van der Waals surface area (Å²) in [6, 6.07) is 15.7. The summed E-state index contributed by atoms with van der Waals surface area (Å²) >= 11 is 0. The highest BCUT2D eigenvalue weighted by Gasteiger charge is 2.25. The van der Waals surface area contributed by atoms with Gasteiger partial charge in [-0.2, -0.15) is 0 Å². The zero-order valence-electron chi connectivity index (χ0n) is 15.8. The zero-order chi connectivity index (χ0) is 20.2. The molecule has 0 saturated carbocycles. The van der Waals surface area contributed by atoms with Gasteiger partial charge in [-0.1, -0.05) is 30.3 Å². The largest absolute Gasteiger partial charge is 0.462 e. The molecule has 2 heterocycles. The van der Waals surface area contributed by atoms with Crippen LogP contribution in [-0.4, -0.2) is 5.97 Å². The van der Waals surface area contributed by atoms with E-state index in [0.29, 0.717) is 22.6 Å². The number of carbonyl (C=O) groups is 1. The van der Waals surface area contributed by atoms with Crippen LogP contribution in [0.4, 0.5) is 4.39 Å². The molecule has 1 aromatic heterocycles. The van der Waals surface area contributed by atoms with Gasteiger partial charge in [0.2, 0.25) is 6.29 Å². The van der Waals surface area contributed by atoms with Crippen LogP contribution in [0.5, 0.6) is 5.75 Å². The highest BCUT2D eigenvalue weighted by Crippen LogP contribution is 2.36. The lowest BCUT2D eigenvalue weighted by Crippen LogP contribution is -2.19. The maximum Gasteiger partial charge on any atom is 0.331 e. The molecule has 0 saturated heterocycles. The Morgan fingerprint density at radius 1 is 1.21 bits per heavy atom. The van der Waals surface area contributed by atoms with Gasteiger partial charge in [0.25, 0.3) is 0 Å². The van der Waals surface area contributed by atoms with Gasteiger partial charge in [0.05, 0.1) is 6.61 Å². The van der Waals surface area contributed by atoms with E-state index in [0.717, 1.165) is 11.3 Å². The second kappa shape index (κ2) is 8.32. The predicted octanol–water partition coefficient (Wildman–Crippen LogP) is 5.09. The van der Waals surface area contributed by atoms with Crippen molar-refractivity contribution in [1.29, 1.82) is 0 Å². The van der Waals surface area contributed by atoms with Crippen LogP contribution in [0.3, 0.4) is 0 Å². The van der Waals surface area contributed by atoms with Gasteiger partial charge in [0.1, 0.15) is 29.7 Å². The summed E-state index contributed by atoms with van der Waals surface area (Å²) in [6.07, 6.45) is 2.18. The van der Waals surface area contributed by atoms with Crippen molar-refractivity contribution < 1.29 is 27.8 Å². The zero-order valence-corrected chi connectivity index (χ0v) is 15.8. The average molecular weight is 394 g/mol. The number of ether oxygens (including phenoxy) is 3. The first-order valence-electron chi connectivity index (χ1n) is 9.14. The van der Waals surface area contributed by atoms with E-state index in [9.17, 15) is 9.18 Å². The highest BCUT2D eigenvalue weighted by atomic mass is 19.1. The lowest BCUT2D eigenvalue weighted by Gasteiger charge is -2.28. The molecule has 0 spiro atoms. The van der Waals surface area contributed by atoms with Crippen molar-refractivity contribution in [3.05, 3.63) is 94.7 Å². The van der Waals surface area contributed by atoms with Gasteiger partial charge in [-0.05, 0) is 37.3 Å². The molecule has 0 fully saturated rings. The number of esters is 1. The Labute approximate surface area is 167 Å². The fourth-order valence-electron chi connectivity index (χ4n) is 3.05. The SMILES string of the molecule is Cc1ccc(/C=C/C(=O)OCc2cc(F)cc3c2OC(c2ccccc2)OC3)o1. The summed E-state index contributed by atoms with van der Waals surface area (Å²) in [7, 11) is 0. The van der Waals surface area contributed by atoms with E-state index in [2.05, 4.69) is 0 Å². The molecule has 1 unspecified atom stereocenters. The molecule has 2 aromatic carbocycles. The standard InChI is InChI=1S/C23H19FO5/c1-15-7-8-20(28-15)9-10-21(25)26-13-17-11-19(24)12-18-14-27-23(29-22(17)18)16-5-3-2-4-6-16/h2-12,23H,13-14H2,1H3/b10-9+. The summed E-state index contributed by atoms with van der Waals surface area (Å²) in [5.74, 6) is 0.765. The molecule has 1 aliphatic heterocycles. The second-order valence-electron chi connectivity index (χ2n) is 6.61. The molecule has 1 aliphatic rings. The van der Waals surface area contributed by atoms with Crippen LogP contribution in [0.2, 0.25) is 0 Å². The molecule has 0 radical (unpaired) electrons. The Morgan fingerprint density at radius 3 is 2.79 bits per heavy atom. The third-order valence-corrected chi connectivity index (χ3v) is 4.41. The monoisotopic (exact) mass is 394 g/mol. The number of benzene rings is 2. The van der Waals surface area contributed by atoms with Crippen molar-refractivity contribution >= 4 is 12.0 Å². The number of halogens is 1. The Morgan fingerprint density at radius 2 is 2.03 bits per heavy atom. The first-order chi connectivity index (χ1) is 14.1. The third kappa shape index (κ3) is 4.55. The van der Waals surface area contributed by atoms with Gasteiger partial charge < -0.3 is 18.6 Å². The minimum absolute atomic E-state index is 0.123. The molecule has 5 nitrogen and oxygen atoms in total. The van der Waals surface area contributed by atoms with Gasteiger partial charge >= 0.3 is 5.97 Å². The van der Waals surface area contributed by atoms with Crippen LogP contribution in [0.15, 0.2) is 65.1 Å². The van der Waals surface area contributed by atoms with Crippen LogP contribution in [0.1, 0.15) is 34.5 Å². The van der Waals surface area contributed by atoms with E-state index in [-0.39, 0.29) is 13.2 Å². The fourth-order valence-corrected chi connectivity index (χ4v) is 3.05. The topological polar surface area (TPSA) is 57.9 Å². The van der Waals surface area contributed by atoms with Crippen LogP contribution in [0.25, 0.3) is 6.08 Å². The van der Waals surface area contributed by atoms with Gasteiger partial charge in [-0.3, -0.25) is 0 Å². The number of fused-ring (bicyclic) bond motifs is 1. The molecule has 1 atom stereocenters. The molecule has 0 bridgehead atoms. The number of aryl methyl sites for hydroxylation is 1. The smallest absolute Gasteiger partial charge is 0.331 e. The minimum Gasteiger partial charge on any atom is -0.462 e. The molecule has 0 amide bonds. The molecular formula is C23H19FO5. The highest BCUT2D eigenvalue weighted by molar-refractivity contribution is 5.86. The normalized spacial score (nSPS) is 15.7. The van der Waals surface area contributed by atoms with Crippen molar-refractivity contribution in [3.63, 3.8) is 0 Å². The van der Waals surface area contributed by atoms with Crippen LogP contribution >= 0.6 is 0 Å². The Bertz CT molecular complexity index is 1040. The molecule has 29 heavy (non-hydrogen) atoms. The van der Waals surface area contributed by atoms with Crippen molar-refractivity contribution in [2.24, 2.45) is 0 Å². The van der Waals surface area contributed by atoms with Crippen LogP contribution in [-0.2, 0) is 27.5 Å². The van der Waals surface area contributed by atoms with E-state index in [4.69, 9.17) is 18.6 Å². The van der Waals surface area contributed by atoms with Crippen molar-refractivity contribution in [1.82, 2.24) is 0 Å². The van der Waals surface area contributed by atoms with Gasteiger partial charge in [-0.25, -0.2) is 9.18 Å². The molecule has 3 aromatic rings. The molecule has 0 aliphatic carbocycles. The lowest BCUT2D eigenvalue weighted by molar-refractivity contribution is -0.139. The summed E-state index contributed by atoms with van der Waals surface area (Å²) in [6.45, 7) is 1.89. The first kappa shape index (κ1) is 19.0. The number of carbonyl (C=O) groups excluding carboxylic acids is 1. The fraction of sp³-hybridized carbons (Fsp3) is 0.174. The lowest BCUT2D eigenvalue weighted by atomic mass is 10.1. The minimum atomic E-state index is -0.606. The van der Waals surface area contributed by atoms with Crippen LogP contribution in [0, 0.1) is 12.7 Å². The summed E-state index contributed by atoms with van der Waals surface area (Å²) < 4.78 is 36.3. The molecular weight excluding hydrogens is 375 g/mol. The Balaban J connectivity index is 1.47. The summed E-state index contributed by atoms with van der Waals surface area (Å²) in [5.41, 5.74) is 1.87. The molecule has 0 N–H and O–H groups in total. The van der Waals surface area contributed by atoms with Crippen molar-refractivity contribution in [2.75, 3.05) is 0 Å². The van der Waals surface area contributed by atoms with Gasteiger partial charge in [-0.15, -0.1) is 0 Å². The third-order valence-electron chi connectivity index (χ3n) is 4.41. The predicted molar refractivity (Wildman–Crippen MR) is 103 cm³/mol. The summed E-state index contributed by atoms with van der Waals surface area (Å²) in [5, 5.41) is 0. The van der Waals surface area contributed by atoms with Crippen molar-refractivity contribution in [2.45, 2.75) is 26.4 Å². The first-order valence-corrected chi connectivity index (χ1v) is 9.14. The Kier molecular flexibility index (Phi) is 5.44.